The van der Waals surface area contributed by atoms with Crippen molar-refractivity contribution in [2.24, 2.45) is 0 Å². The number of aromatic nitrogens is 2. The molecule has 1 aromatic heterocycles. The van der Waals surface area contributed by atoms with Crippen molar-refractivity contribution in [1.29, 1.82) is 0 Å². The highest BCUT2D eigenvalue weighted by molar-refractivity contribution is 6.35. The number of imidazole rings is 1. The zero-order valence-electron chi connectivity index (χ0n) is 15.6. The lowest BCUT2D eigenvalue weighted by atomic mass is 10.1. The molecule has 4 aromatic rings. The Kier molecular flexibility index (Phi) is 6.05. The monoisotopic (exact) mass is 426 g/mol. The van der Waals surface area contributed by atoms with E-state index in [0.29, 0.717) is 28.8 Å². The van der Waals surface area contributed by atoms with E-state index in [2.05, 4.69) is 16.7 Å². The maximum absolute atomic E-state index is 10.6. The Morgan fingerprint density at radius 1 is 0.966 bits per heavy atom. The van der Waals surface area contributed by atoms with Gasteiger partial charge in [0.1, 0.15) is 24.3 Å². The summed E-state index contributed by atoms with van der Waals surface area (Å²) in [6, 6.07) is 23.1. The first kappa shape index (κ1) is 19.8. The average molecular weight is 427 g/mol. The van der Waals surface area contributed by atoms with E-state index in [9.17, 15) is 5.11 Å². The number of aliphatic hydroxyl groups excluding tert-OH is 1. The summed E-state index contributed by atoms with van der Waals surface area (Å²) in [5.74, 6) is 1.40. The van der Waals surface area contributed by atoms with Gasteiger partial charge in [-0.05, 0) is 35.9 Å². The van der Waals surface area contributed by atoms with Gasteiger partial charge in [-0.2, -0.15) is 0 Å². The summed E-state index contributed by atoms with van der Waals surface area (Å²) < 4.78 is 7.75. The van der Waals surface area contributed by atoms with Gasteiger partial charge < -0.3 is 14.4 Å². The second kappa shape index (κ2) is 8.87. The van der Waals surface area contributed by atoms with Crippen LogP contribution in [0, 0.1) is 0 Å². The summed E-state index contributed by atoms with van der Waals surface area (Å²) in [6.45, 7) is 0.479. The fourth-order valence-electron chi connectivity index (χ4n) is 3.28. The smallest absolute Gasteiger partial charge is 0.138 e. The molecule has 1 heterocycles. The molecule has 4 nitrogen and oxygen atoms in total. The summed E-state index contributed by atoms with van der Waals surface area (Å²) in [5.41, 5.74) is 3.07. The number of para-hydroxylation sites is 2. The maximum Gasteiger partial charge on any atom is 0.138 e. The molecule has 3 aromatic carbocycles. The van der Waals surface area contributed by atoms with Crippen LogP contribution in [0.15, 0.2) is 72.8 Å². The second-order valence-electron chi connectivity index (χ2n) is 6.83. The molecule has 0 bridgehead atoms. The van der Waals surface area contributed by atoms with Gasteiger partial charge >= 0.3 is 0 Å². The third-order valence-corrected chi connectivity index (χ3v) is 5.19. The van der Waals surface area contributed by atoms with E-state index >= 15 is 0 Å². The van der Waals surface area contributed by atoms with Crippen LogP contribution >= 0.6 is 23.2 Å². The van der Waals surface area contributed by atoms with Crippen LogP contribution < -0.4 is 4.74 Å². The van der Waals surface area contributed by atoms with Gasteiger partial charge in [0, 0.05) is 11.4 Å². The molecule has 0 radical (unpaired) electrons. The van der Waals surface area contributed by atoms with Crippen LogP contribution in [0.3, 0.4) is 0 Å². The van der Waals surface area contributed by atoms with Gasteiger partial charge in [-0.15, -0.1) is 0 Å². The molecule has 1 unspecified atom stereocenters. The van der Waals surface area contributed by atoms with E-state index in [1.54, 1.807) is 18.2 Å². The third kappa shape index (κ3) is 4.73. The van der Waals surface area contributed by atoms with E-state index < -0.39 is 6.10 Å². The second-order valence-corrected chi connectivity index (χ2v) is 7.67. The Balaban J connectivity index is 1.53. The van der Waals surface area contributed by atoms with Gasteiger partial charge in [0.05, 0.1) is 22.6 Å². The van der Waals surface area contributed by atoms with Crippen molar-refractivity contribution in [2.45, 2.75) is 19.1 Å². The highest BCUT2D eigenvalue weighted by Crippen LogP contribution is 2.27. The number of nitrogens with zero attached hydrogens (tertiary/aromatic N) is 2. The molecule has 4 rings (SSSR count). The topological polar surface area (TPSA) is 47.3 Å². The minimum atomic E-state index is -0.728. The maximum atomic E-state index is 10.6. The lowest BCUT2D eigenvalue weighted by molar-refractivity contribution is 0.0928. The van der Waals surface area contributed by atoms with Crippen molar-refractivity contribution in [2.75, 3.05) is 6.61 Å². The Morgan fingerprint density at radius 2 is 1.72 bits per heavy atom. The van der Waals surface area contributed by atoms with Crippen LogP contribution in [0.1, 0.15) is 11.4 Å². The summed E-state index contributed by atoms with van der Waals surface area (Å²) in [6.07, 6.45) is -0.0413. The third-order valence-electron chi connectivity index (χ3n) is 4.66. The normalized spacial score (nSPS) is 12.2. The molecule has 0 fully saturated rings. The Bertz CT molecular complexity index is 1110. The molecule has 0 spiro atoms. The highest BCUT2D eigenvalue weighted by atomic mass is 35.5. The summed E-state index contributed by atoms with van der Waals surface area (Å²) >= 11 is 12.1. The van der Waals surface area contributed by atoms with Crippen LogP contribution in [0.5, 0.6) is 5.75 Å². The Morgan fingerprint density at radius 3 is 2.52 bits per heavy atom. The first-order valence-corrected chi connectivity index (χ1v) is 10.1. The molecule has 0 aliphatic heterocycles. The predicted molar refractivity (Wildman–Crippen MR) is 117 cm³/mol. The Labute approximate surface area is 179 Å². The molecule has 0 aliphatic rings. The quantitative estimate of drug-likeness (QED) is 0.431. The molecule has 0 saturated carbocycles. The molecule has 6 heteroatoms. The van der Waals surface area contributed by atoms with Gasteiger partial charge in [0.25, 0.3) is 0 Å². The number of halogens is 2. The minimum absolute atomic E-state index is 0.110. The standard InChI is InChI=1S/C23H20Cl2N2O2/c24-17-10-11-22(19(25)13-17)29-15-18(28)14-27-21-9-5-4-8-20(21)26-23(27)12-16-6-2-1-3-7-16/h1-11,13,18,28H,12,14-15H2. The molecule has 0 amide bonds. The fourth-order valence-corrected chi connectivity index (χ4v) is 3.75. The molecule has 29 heavy (non-hydrogen) atoms. The van der Waals surface area contributed by atoms with Gasteiger partial charge in [-0.3, -0.25) is 0 Å². The van der Waals surface area contributed by atoms with Crippen molar-refractivity contribution in [1.82, 2.24) is 9.55 Å². The van der Waals surface area contributed by atoms with Crippen LogP contribution in [0.4, 0.5) is 0 Å². The van der Waals surface area contributed by atoms with Crippen molar-refractivity contribution < 1.29 is 9.84 Å². The largest absolute Gasteiger partial charge is 0.489 e. The van der Waals surface area contributed by atoms with Crippen molar-refractivity contribution >= 4 is 34.2 Å². The first-order chi connectivity index (χ1) is 14.1. The fraction of sp³-hybridized carbons (Fsp3) is 0.174. The summed E-state index contributed by atoms with van der Waals surface area (Å²) in [5, 5.41) is 11.6. The van der Waals surface area contributed by atoms with Crippen LogP contribution in [0.25, 0.3) is 11.0 Å². The van der Waals surface area contributed by atoms with E-state index in [0.717, 1.165) is 16.9 Å². The molecule has 0 saturated heterocycles. The number of benzene rings is 3. The Hall–Kier alpha value is -2.53. The summed E-state index contributed by atoms with van der Waals surface area (Å²) in [4.78, 5) is 4.78. The van der Waals surface area contributed by atoms with Crippen molar-refractivity contribution in [3.8, 4) is 5.75 Å². The first-order valence-electron chi connectivity index (χ1n) is 9.34. The molecule has 1 atom stereocenters. The van der Waals surface area contributed by atoms with Gasteiger partial charge in [0.2, 0.25) is 0 Å². The minimum Gasteiger partial charge on any atom is -0.489 e. The van der Waals surface area contributed by atoms with Gasteiger partial charge in [-0.25, -0.2) is 4.98 Å². The van der Waals surface area contributed by atoms with Crippen LogP contribution in [-0.2, 0) is 13.0 Å². The zero-order valence-corrected chi connectivity index (χ0v) is 17.1. The van der Waals surface area contributed by atoms with E-state index in [4.69, 9.17) is 32.9 Å². The van der Waals surface area contributed by atoms with E-state index in [-0.39, 0.29) is 6.61 Å². The SMILES string of the molecule is OC(COc1ccc(Cl)cc1Cl)Cn1c(Cc2ccccc2)nc2ccccc21. The van der Waals surface area contributed by atoms with Crippen molar-refractivity contribution in [3.63, 3.8) is 0 Å². The number of fused-ring (bicyclic) bond motifs is 1. The average Bonchev–Trinajstić information content (AvgIpc) is 3.05. The lowest BCUT2D eigenvalue weighted by Gasteiger charge is -2.16. The van der Waals surface area contributed by atoms with Gasteiger partial charge in [-0.1, -0.05) is 65.7 Å². The summed E-state index contributed by atoms with van der Waals surface area (Å²) in [7, 11) is 0. The molecular formula is C23H20Cl2N2O2. The molecule has 0 aliphatic carbocycles. The molecule has 148 valence electrons. The number of aliphatic hydroxyl groups is 1. The van der Waals surface area contributed by atoms with Gasteiger partial charge in [0.15, 0.2) is 0 Å². The molecule has 1 N–H and O–H groups in total. The zero-order chi connectivity index (χ0) is 20.2. The molecular weight excluding hydrogens is 407 g/mol. The number of ether oxygens (including phenoxy) is 1. The van der Waals surface area contributed by atoms with Crippen molar-refractivity contribution in [3.05, 3.63) is 94.2 Å². The van der Waals surface area contributed by atoms with E-state index in [1.807, 2.05) is 42.5 Å². The lowest BCUT2D eigenvalue weighted by Crippen LogP contribution is -2.24. The number of hydrogen-bond donors (Lipinski definition) is 1. The van der Waals surface area contributed by atoms with E-state index in [1.165, 1.54) is 5.56 Å². The van der Waals surface area contributed by atoms with Crippen LogP contribution in [-0.4, -0.2) is 27.4 Å². The highest BCUT2D eigenvalue weighted by Gasteiger charge is 2.15. The predicted octanol–water partition coefficient (Wildman–Crippen LogP) is 5.37. The van der Waals surface area contributed by atoms with Crippen LogP contribution in [0.2, 0.25) is 10.0 Å². The number of hydrogen-bond acceptors (Lipinski definition) is 3. The number of rotatable bonds is 7.